The summed E-state index contributed by atoms with van der Waals surface area (Å²) in [6, 6.07) is 12.0. The lowest BCUT2D eigenvalue weighted by Crippen LogP contribution is -2.41. The molecule has 0 heterocycles. The maximum absolute atomic E-state index is 12.3. The molecule has 0 aliphatic carbocycles. The number of anilines is 1. The maximum atomic E-state index is 12.3. The Kier molecular flexibility index (Phi) is 5.98. The summed E-state index contributed by atoms with van der Waals surface area (Å²) in [6.07, 6.45) is 0. The van der Waals surface area contributed by atoms with Crippen molar-refractivity contribution >= 4 is 37.5 Å². The second kappa shape index (κ2) is 7.78. The number of benzene rings is 2. The summed E-state index contributed by atoms with van der Waals surface area (Å²) in [5.41, 5.74) is 0.582. The van der Waals surface area contributed by atoms with Gasteiger partial charge >= 0.3 is 0 Å². The van der Waals surface area contributed by atoms with Gasteiger partial charge in [-0.3, -0.25) is 4.79 Å². The van der Waals surface area contributed by atoms with Gasteiger partial charge in [0.25, 0.3) is 0 Å². The van der Waals surface area contributed by atoms with E-state index in [1.807, 2.05) is 0 Å². The van der Waals surface area contributed by atoms with Gasteiger partial charge in [0.1, 0.15) is 5.75 Å². The first-order valence-corrected chi connectivity index (χ1v) is 9.32. The molecule has 2 aromatic carbocycles. The molecule has 2 aromatic rings. The molecular weight excluding hydrogens is 396 g/mol. The van der Waals surface area contributed by atoms with Crippen LogP contribution in [-0.2, 0) is 14.8 Å². The monoisotopic (exact) mass is 412 g/mol. The Morgan fingerprint density at radius 3 is 2.21 bits per heavy atom. The number of carbonyl (C=O) groups excluding carboxylic acids is 1. The van der Waals surface area contributed by atoms with Gasteiger partial charge in [0, 0.05) is 10.2 Å². The van der Waals surface area contributed by atoms with Crippen LogP contribution in [0.1, 0.15) is 6.92 Å². The van der Waals surface area contributed by atoms with Crippen LogP contribution in [-0.4, -0.2) is 27.5 Å². The molecule has 0 saturated heterocycles. The summed E-state index contributed by atoms with van der Waals surface area (Å²) in [7, 11) is -2.31. The van der Waals surface area contributed by atoms with Gasteiger partial charge in [0.05, 0.1) is 18.0 Å². The predicted molar refractivity (Wildman–Crippen MR) is 95.5 cm³/mol. The smallest absolute Gasteiger partial charge is 0.242 e. The number of nitrogens with one attached hydrogen (secondary N) is 2. The zero-order chi connectivity index (χ0) is 17.7. The molecular formula is C16H17BrN2O4S. The normalized spacial score (nSPS) is 12.5. The van der Waals surface area contributed by atoms with Crippen molar-refractivity contribution in [2.75, 3.05) is 12.4 Å². The van der Waals surface area contributed by atoms with E-state index >= 15 is 0 Å². The molecule has 0 spiro atoms. The minimum Gasteiger partial charge on any atom is -0.497 e. The highest BCUT2D eigenvalue weighted by Gasteiger charge is 2.22. The molecule has 2 N–H and O–H groups in total. The van der Waals surface area contributed by atoms with E-state index in [0.29, 0.717) is 11.4 Å². The van der Waals surface area contributed by atoms with Crippen LogP contribution < -0.4 is 14.8 Å². The Bertz CT molecular complexity index is 805. The van der Waals surface area contributed by atoms with Crippen LogP contribution in [0.5, 0.6) is 5.75 Å². The highest BCUT2D eigenvalue weighted by Crippen LogP contribution is 2.17. The molecule has 1 amide bonds. The molecule has 0 bridgehead atoms. The molecule has 6 nitrogen and oxygen atoms in total. The van der Waals surface area contributed by atoms with Crippen molar-refractivity contribution in [1.29, 1.82) is 0 Å². The Balaban J connectivity index is 2.04. The van der Waals surface area contributed by atoms with Gasteiger partial charge < -0.3 is 10.1 Å². The van der Waals surface area contributed by atoms with E-state index in [0.717, 1.165) is 4.47 Å². The van der Waals surface area contributed by atoms with Crippen LogP contribution in [0.25, 0.3) is 0 Å². The minimum absolute atomic E-state index is 0.0617. The average Bonchev–Trinajstić information content (AvgIpc) is 2.56. The van der Waals surface area contributed by atoms with Crippen LogP contribution in [0.3, 0.4) is 0 Å². The van der Waals surface area contributed by atoms with E-state index in [1.54, 1.807) is 36.4 Å². The lowest BCUT2D eigenvalue weighted by atomic mass is 10.3. The molecule has 8 heteroatoms. The van der Waals surface area contributed by atoms with Crippen molar-refractivity contribution < 1.29 is 17.9 Å². The molecule has 1 atom stereocenters. The summed E-state index contributed by atoms with van der Waals surface area (Å²) in [6.45, 7) is 1.48. The Hall–Kier alpha value is -1.90. The van der Waals surface area contributed by atoms with Gasteiger partial charge in [-0.05, 0) is 55.5 Å². The highest BCUT2D eigenvalue weighted by molar-refractivity contribution is 9.10. The first-order chi connectivity index (χ1) is 11.3. The predicted octanol–water partition coefficient (Wildman–Crippen LogP) is 2.76. The zero-order valence-corrected chi connectivity index (χ0v) is 15.5. The third-order valence-corrected chi connectivity index (χ3v) is 5.29. The van der Waals surface area contributed by atoms with E-state index in [2.05, 4.69) is 26.0 Å². The van der Waals surface area contributed by atoms with Crippen LogP contribution in [0.15, 0.2) is 57.9 Å². The standard InChI is InChI=1S/C16H17BrN2O4S/c1-11(16(20)18-13-5-3-12(17)4-6-13)19-24(21,22)15-9-7-14(23-2)8-10-15/h3-11,19H,1-2H3,(H,18,20)/t11-/m0/s1. The van der Waals surface area contributed by atoms with Gasteiger partial charge in [0.15, 0.2) is 0 Å². The topological polar surface area (TPSA) is 84.5 Å². The van der Waals surface area contributed by atoms with Gasteiger partial charge in [0.2, 0.25) is 15.9 Å². The zero-order valence-electron chi connectivity index (χ0n) is 13.1. The first kappa shape index (κ1) is 18.4. The number of methoxy groups -OCH3 is 1. The summed E-state index contributed by atoms with van der Waals surface area (Å²) < 4.78 is 32.8. The molecule has 24 heavy (non-hydrogen) atoms. The number of halogens is 1. The first-order valence-electron chi connectivity index (χ1n) is 7.04. The number of sulfonamides is 1. The van der Waals surface area contributed by atoms with E-state index in [4.69, 9.17) is 4.74 Å². The third-order valence-electron chi connectivity index (χ3n) is 3.21. The van der Waals surface area contributed by atoms with E-state index in [9.17, 15) is 13.2 Å². The number of amides is 1. The molecule has 0 fully saturated rings. The molecule has 0 unspecified atom stereocenters. The van der Waals surface area contributed by atoms with Gasteiger partial charge in [-0.25, -0.2) is 8.42 Å². The largest absolute Gasteiger partial charge is 0.497 e. The molecule has 0 saturated carbocycles. The fourth-order valence-electron chi connectivity index (χ4n) is 1.89. The van der Waals surface area contributed by atoms with Crippen LogP contribution in [0.2, 0.25) is 0 Å². The number of hydrogen-bond acceptors (Lipinski definition) is 4. The maximum Gasteiger partial charge on any atom is 0.242 e. The van der Waals surface area contributed by atoms with Crippen molar-refractivity contribution in [2.45, 2.75) is 17.9 Å². The summed E-state index contributed by atoms with van der Waals surface area (Å²) in [5.74, 6) is 0.101. The second-order valence-corrected chi connectivity index (χ2v) is 7.64. The average molecular weight is 413 g/mol. The summed E-state index contributed by atoms with van der Waals surface area (Å²) in [5, 5.41) is 2.65. The second-order valence-electron chi connectivity index (χ2n) is 5.01. The number of rotatable bonds is 6. The minimum atomic E-state index is -3.80. The lowest BCUT2D eigenvalue weighted by molar-refractivity contribution is -0.117. The fraction of sp³-hybridized carbons (Fsp3) is 0.188. The molecule has 0 radical (unpaired) electrons. The van der Waals surface area contributed by atoms with Crippen molar-refractivity contribution in [2.24, 2.45) is 0 Å². The van der Waals surface area contributed by atoms with Crippen molar-refractivity contribution in [3.8, 4) is 5.75 Å². The van der Waals surface area contributed by atoms with E-state index in [1.165, 1.54) is 26.2 Å². The SMILES string of the molecule is COc1ccc(S(=O)(=O)N[C@@H](C)C(=O)Nc2ccc(Br)cc2)cc1. The van der Waals surface area contributed by atoms with Gasteiger partial charge in [-0.2, -0.15) is 4.72 Å². The molecule has 0 aliphatic rings. The van der Waals surface area contributed by atoms with Crippen molar-refractivity contribution in [3.05, 3.63) is 53.0 Å². The Morgan fingerprint density at radius 2 is 1.67 bits per heavy atom. The summed E-state index contributed by atoms with van der Waals surface area (Å²) >= 11 is 3.30. The third kappa shape index (κ3) is 4.80. The molecule has 128 valence electrons. The lowest BCUT2D eigenvalue weighted by Gasteiger charge is -2.14. The molecule has 2 rings (SSSR count). The Morgan fingerprint density at radius 1 is 1.08 bits per heavy atom. The van der Waals surface area contributed by atoms with Crippen molar-refractivity contribution in [3.63, 3.8) is 0 Å². The number of ether oxygens (including phenoxy) is 1. The van der Waals surface area contributed by atoms with E-state index < -0.39 is 22.0 Å². The quantitative estimate of drug-likeness (QED) is 0.763. The molecule has 0 aromatic heterocycles. The van der Waals surface area contributed by atoms with Gasteiger partial charge in [-0.15, -0.1) is 0 Å². The molecule has 0 aliphatic heterocycles. The Labute approximate surface area is 149 Å². The number of hydrogen-bond donors (Lipinski definition) is 2. The number of carbonyl (C=O) groups is 1. The van der Waals surface area contributed by atoms with Crippen LogP contribution in [0.4, 0.5) is 5.69 Å². The van der Waals surface area contributed by atoms with Gasteiger partial charge in [-0.1, -0.05) is 15.9 Å². The summed E-state index contributed by atoms with van der Waals surface area (Å²) in [4.78, 5) is 12.2. The van der Waals surface area contributed by atoms with Crippen molar-refractivity contribution in [1.82, 2.24) is 4.72 Å². The fourth-order valence-corrected chi connectivity index (χ4v) is 3.36. The van der Waals surface area contributed by atoms with Crippen LogP contribution >= 0.6 is 15.9 Å². The van der Waals surface area contributed by atoms with E-state index in [-0.39, 0.29) is 4.90 Å². The highest BCUT2D eigenvalue weighted by atomic mass is 79.9. The van der Waals surface area contributed by atoms with Crippen LogP contribution in [0, 0.1) is 0 Å².